The van der Waals surface area contributed by atoms with Crippen LogP contribution in [0.2, 0.25) is 0 Å². The Hall–Kier alpha value is -1.54. The van der Waals surface area contributed by atoms with Crippen molar-refractivity contribution in [2.24, 2.45) is 0 Å². The van der Waals surface area contributed by atoms with E-state index in [4.69, 9.17) is 4.74 Å². The van der Waals surface area contributed by atoms with Crippen LogP contribution in [0.15, 0.2) is 42.5 Å². The lowest BCUT2D eigenvalue weighted by molar-refractivity contribution is -0.0130. The Morgan fingerprint density at radius 3 is 2.62 bits per heavy atom. The molecule has 2 heteroatoms. The Labute approximate surface area is 126 Å². The molecule has 0 aliphatic heterocycles. The van der Waals surface area contributed by atoms with Crippen molar-refractivity contribution >= 4 is 10.8 Å². The fraction of sp³-hybridized carbons (Fsp3) is 0.474. The molecule has 4 rings (SSSR count). The highest BCUT2D eigenvalue weighted by molar-refractivity contribution is 5.88. The fourth-order valence-electron chi connectivity index (χ4n) is 3.28. The van der Waals surface area contributed by atoms with Gasteiger partial charge in [0, 0.05) is 11.4 Å². The number of benzene rings is 2. The van der Waals surface area contributed by atoms with Gasteiger partial charge in [-0.15, -0.1) is 0 Å². The molecule has 110 valence electrons. The van der Waals surface area contributed by atoms with Crippen molar-refractivity contribution in [2.75, 3.05) is 6.54 Å². The molecule has 2 saturated carbocycles. The number of hydrogen-bond acceptors (Lipinski definition) is 2. The lowest BCUT2D eigenvalue weighted by atomic mass is 9.77. The molecule has 2 fully saturated rings. The molecular weight excluding hydrogens is 258 g/mol. The van der Waals surface area contributed by atoms with Crippen LogP contribution >= 0.6 is 0 Å². The van der Waals surface area contributed by atoms with Crippen molar-refractivity contribution in [3.63, 3.8) is 0 Å². The maximum absolute atomic E-state index is 6.51. The first-order valence-corrected chi connectivity index (χ1v) is 8.25. The molecule has 1 N–H and O–H groups in total. The first-order valence-electron chi connectivity index (χ1n) is 8.25. The van der Waals surface area contributed by atoms with Gasteiger partial charge in [-0.05, 0) is 56.5 Å². The highest BCUT2D eigenvalue weighted by Crippen LogP contribution is 2.41. The first-order chi connectivity index (χ1) is 10.3. The normalized spacial score (nSPS) is 20.2. The van der Waals surface area contributed by atoms with E-state index in [0.29, 0.717) is 0 Å². The number of nitrogens with one attached hydrogen (secondary N) is 1. The number of hydrogen-bond donors (Lipinski definition) is 1. The summed E-state index contributed by atoms with van der Waals surface area (Å²) in [6.07, 6.45) is 7.54. The third-order valence-corrected chi connectivity index (χ3v) is 4.93. The smallest absolute Gasteiger partial charge is 0.127 e. The third kappa shape index (κ3) is 2.77. The second-order valence-corrected chi connectivity index (χ2v) is 6.59. The van der Waals surface area contributed by atoms with Crippen LogP contribution in [0.5, 0.6) is 5.75 Å². The molecule has 0 unspecified atom stereocenters. The molecule has 2 aliphatic carbocycles. The molecule has 2 aromatic rings. The summed E-state index contributed by atoms with van der Waals surface area (Å²) in [5, 5.41) is 6.13. The van der Waals surface area contributed by atoms with E-state index in [9.17, 15) is 0 Å². The zero-order chi connectivity index (χ0) is 14.1. The topological polar surface area (TPSA) is 21.3 Å². The Kier molecular flexibility index (Phi) is 3.34. The molecule has 0 amide bonds. The largest absolute Gasteiger partial charge is 0.487 e. The van der Waals surface area contributed by atoms with Gasteiger partial charge in [-0.25, -0.2) is 0 Å². The predicted octanol–water partition coefficient (Wildman–Crippen LogP) is 4.28. The molecule has 0 radical (unpaired) electrons. The number of rotatable bonds is 6. The summed E-state index contributed by atoms with van der Waals surface area (Å²) in [6.45, 7) is 1.09. The lowest BCUT2D eigenvalue weighted by Crippen LogP contribution is -2.45. The summed E-state index contributed by atoms with van der Waals surface area (Å²) in [5.41, 5.74) is 0.0754. The van der Waals surface area contributed by atoms with Crippen LogP contribution in [0.25, 0.3) is 10.8 Å². The van der Waals surface area contributed by atoms with Crippen LogP contribution in [-0.2, 0) is 0 Å². The Morgan fingerprint density at radius 2 is 1.86 bits per heavy atom. The monoisotopic (exact) mass is 281 g/mol. The van der Waals surface area contributed by atoms with E-state index in [1.165, 1.54) is 42.9 Å². The second kappa shape index (κ2) is 5.34. The lowest BCUT2D eigenvalue weighted by Gasteiger charge is -2.42. The Morgan fingerprint density at radius 1 is 1.05 bits per heavy atom. The molecule has 0 atom stereocenters. The molecule has 0 bridgehead atoms. The van der Waals surface area contributed by atoms with Crippen LogP contribution in [0.3, 0.4) is 0 Å². The van der Waals surface area contributed by atoms with Crippen molar-refractivity contribution in [1.82, 2.24) is 5.32 Å². The van der Waals surface area contributed by atoms with E-state index in [-0.39, 0.29) is 5.60 Å². The summed E-state index contributed by atoms with van der Waals surface area (Å²) in [5.74, 6) is 1.05. The molecular formula is C19H23NO. The quantitative estimate of drug-likeness (QED) is 0.853. The van der Waals surface area contributed by atoms with E-state index in [1.807, 2.05) is 0 Å². The van der Waals surface area contributed by atoms with Gasteiger partial charge in [0.05, 0.1) is 0 Å². The minimum atomic E-state index is 0.0754. The Bertz CT molecular complexity index is 623. The van der Waals surface area contributed by atoms with Crippen molar-refractivity contribution < 1.29 is 4.74 Å². The van der Waals surface area contributed by atoms with E-state index in [2.05, 4.69) is 47.8 Å². The van der Waals surface area contributed by atoms with Crippen LogP contribution < -0.4 is 10.1 Å². The molecule has 2 aliphatic rings. The van der Waals surface area contributed by atoms with Gasteiger partial charge in [0.25, 0.3) is 0 Å². The standard InChI is InChI=1S/C19H23NO/c1-2-7-17-15(5-1)6-3-8-18(17)21-19(11-4-12-19)13-14-20-16-9-10-16/h1-3,5-8,16,20H,4,9-14H2. The minimum absolute atomic E-state index is 0.0754. The third-order valence-electron chi connectivity index (χ3n) is 4.93. The number of fused-ring (bicyclic) bond motifs is 1. The minimum Gasteiger partial charge on any atom is -0.487 e. The van der Waals surface area contributed by atoms with E-state index >= 15 is 0 Å². The second-order valence-electron chi connectivity index (χ2n) is 6.59. The average Bonchev–Trinajstić information content (AvgIpc) is 3.29. The summed E-state index contributed by atoms with van der Waals surface area (Å²) in [6, 6.07) is 15.7. The maximum Gasteiger partial charge on any atom is 0.127 e. The van der Waals surface area contributed by atoms with Gasteiger partial charge < -0.3 is 10.1 Å². The maximum atomic E-state index is 6.51. The first kappa shape index (κ1) is 13.1. The van der Waals surface area contributed by atoms with Gasteiger partial charge in [0.2, 0.25) is 0 Å². The molecule has 0 aromatic heterocycles. The van der Waals surface area contributed by atoms with E-state index in [1.54, 1.807) is 0 Å². The van der Waals surface area contributed by atoms with Crippen molar-refractivity contribution in [3.8, 4) is 5.75 Å². The van der Waals surface area contributed by atoms with Crippen LogP contribution in [-0.4, -0.2) is 18.2 Å². The molecule has 0 heterocycles. The van der Waals surface area contributed by atoms with Gasteiger partial charge in [-0.3, -0.25) is 0 Å². The van der Waals surface area contributed by atoms with Crippen molar-refractivity contribution in [2.45, 2.75) is 50.2 Å². The molecule has 0 saturated heterocycles. The van der Waals surface area contributed by atoms with Gasteiger partial charge in [0.15, 0.2) is 0 Å². The highest BCUT2D eigenvalue weighted by Gasteiger charge is 2.39. The van der Waals surface area contributed by atoms with Crippen molar-refractivity contribution in [1.29, 1.82) is 0 Å². The zero-order valence-corrected chi connectivity index (χ0v) is 12.5. The summed E-state index contributed by atoms with van der Waals surface area (Å²) in [7, 11) is 0. The average molecular weight is 281 g/mol. The van der Waals surface area contributed by atoms with E-state index < -0.39 is 0 Å². The van der Waals surface area contributed by atoms with Crippen molar-refractivity contribution in [3.05, 3.63) is 42.5 Å². The fourth-order valence-corrected chi connectivity index (χ4v) is 3.28. The molecule has 0 spiro atoms. The molecule has 21 heavy (non-hydrogen) atoms. The van der Waals surface area contributed by atoms with Crippen LogP contribution in [0.4, 0.5) is 0 Å². The SMILES string of the molecule is c1ccc2c(OC3(CCNC4CC4)CCC3)cccc2c1. The zero-order valence-electron chi connectivity index (χ0n) is 12.5. The van der Waals surface area contributed by atoms with Gasteiger partial charge in [-0.1, -0.05) is 36.4 Å². The molecule has 2 nitrogen and oxygen atoms in total. The van der Waals surface area contributed by atoms with Crippen LogP contribution in [0, 0.1) is 0 Å². The number of ether oxygens (including phenoxy) is 1. The molecule has 2 aromatic carbocycles. The Balaban J connectivity index is 1.51. The van der Waals surface area contributed by atoms with Gasteiger partial charge in [0.1, 0.15) is 11.4 Å². The van der Waals surface area contributed by atoms with E-state index in [0.717, 1.165) is 24.8 Å². The van der Waals surface area contributed by atoms with Gasteiger partial charge in [-0.2, -0.15) is 0 Å². The van der Waals surface area contributed by atoms with Crippen LogP contribution in [0.1, 0.15) is 38.5 Å². The van der Waals surface area contributed by atoms with Gasteiger partial charge >= 0.3 is 0 Å². The summed E-state index contributed by atoms with van der Waals surface area (Å²) >= 11 is 0. The summed E-state index contributed by atoms with van der Waals surface area (Å²) in [4.78, 5) is 0. The predicted molar refractivity (Wildman–Crippen MR) is 86.8 cm³/mol. The summed E-state index contributed by atoms with van der Waals surface area (Å²) < 4.78 is 6.51. The highest BCUT2D eigenvalue weighted by atomic mass is 16.5.